The van der Waals surface area contributed by atoms with E-state index in [-0.39, 0.29) is 11.7 Å². The Kier molecular flexibility index (Phi) is 3.87. The van der Waals surface area contributed by atoms with Crippen LogP contribution in [0.5, 0.6) is 0 Å². The summed E-state index contributed by atoms with van der Waals surface area (Å²) in [5.74, 6) is 0.871. The molecule has 0 unspecified atom stereocenters. The van der Waals surface area contributed by atoms with Crippen molar-refractivity contribution in [3.63, 3.8) is 0 Å². The third-order valence-corrected chi connectivity index (χ3v) is 4.44. The molecule has 0 atom stereocenters. The number of rotatable bonds is 5. The van der Waals surface area contributed by atoms with E-state index in [0.717, 1.165) is 16.8 Å². The first-order valence-corrected chi connectivity index (χ1v) is 8.30. The van der Waals surface area contributed by atoms with Crippen LogP contribution in [0.3, 0.4) is 0 Å². The molecule has 7 nitrogen and oxygen atoms in total. The second-order valence-electron chi connectivity index (χ2n) is 5.07. The van der Waals surface area contributed by atoms with E-state index in [9.17, 15) is 4.79 Å². The van der Waals surface area contributed by atoms with Gasteiger partial charge in [-0.1, -0.05) is 23.9 Å². The first-order valence-electron chi connectivity index (χ1n) is 7.31. The first-order chi connectivity index (χ1) is 11.8. The summed E-state index contributed by atoms with van der Waals surface area (Å²) in [6.07, 6.45) is 3.23. The lowest BCUT2D eigenvalue weighted by atomic mass is 10.3. The molecule has 0 spiro atoms. The summed E-state index contributed by atoms with van der Waals surface area (Å²) in [7, 11) is 0. The molecule has 120 valence electrons. The zero-order valence-electron chi connectivity index (χ0n) is 12.5. The molecule has 0 bridgehead atoms. The van der Waals surface area contributed by atoms with Gasteiger partial charge in [0, 0.05) is 0 Å². The number of nitrogens with zero attached hydrogens (tertiary/aromatic N) is 4. The van der Waals surface area contributed by atoms with Gasteiger partial charge in [-0.05, 0) is 24.3 Å². The second kappa shape index (κ2) is 6.32. The van der Waals surface area contributed by atoms with Gasteiger partial charge >= 0.3 is 0 Å². The van der Waals surface area contributed by atoms with Gasteiger partial charge in [0.1, 0.15) is 17.1 Å². The molecule has 0 radical (unpaired) electrons. The normalized spacial score (nSPS) is 11.2. The number of furan rings is 1. The minimum atomic E-state index is -0.0935. The lowest BCUT2D eigenvalue weighted by Crippen LogP contribution is -2.24. The monoisotopic (exact) mass is 339 g/mol. The smallest absolute Gasteiger partial charge is 0.230 e. The Balaban J connectivity index is 1.51. The maximum atomic E-state index is 12.0. The van der Waals surface area contributed by atoms with Gasteiger partial charge in [-0.2, -0.15) is 0 Å². The Labute approximate surface area is 141 Å². The highest BCUT2D eigenvalue weighted by molar-refractivity contribution is 8.00. The van der Waals surface area contributed by atoms with Gasteiger partial charge in [0.2, 0.25) is 5.91 Å². The van der Waals surface area contributed by atoms with E-state index in [4.69, 9.17) is 4.42 Å². The van der Waals surface area contributed by atoms with E-state index in [0.29, 0.717) is 17.2 Å². The third-order valence-electron chi connectivity index (χ3n) is 3.48. The Hall–Kier alpha value is -2.87. The predicted molar refractivity (Wildman–Crippen MR) is 89.6 cm³/mol. The minimum absolute atomic E-state index is 0.0935. The fourth-order valence-corrected chi connectivity index (χ4v) is 3.16. The molecule has 0 aliphatic rings. The summed E-state index contributed by atoms with van der Waals surface area (Å²) in [6, 6.07) is 11.4. The summed E-state index contributed by atoms with van der Waals surface area (Å²) in [4.78, 5) is 16.6. The largest absolute Gasteiger partial charge is 0.467 e. The van der Waals surface area contributed by atoms with Crippen LogP contribution in [0.25, 0.3) is 16.7 Å². The van der Waals surface area contributed by atoms with Crippen molar-refractivity contribution in [1.82, 2.24) is 24.9 Å². The first kappa shape index (κ1) is 14.7. The van der Waals surface area contributed by atoms with Gasteiger partial charge in [0.15, 0.2) is 5.65 Å². The molecule has 1 amide bonds. The summed E-state index contributed by atoms with van der Waals surface area (Å²) >= 11 is 1.34. The summed E-state index contributed by atoms with van der Waals surface area (Å²) < 4.78 is 7.07. The van der Waals surface area contributed by atoms with Crippen LogP contribution in [0.1, 0.15) is 5.76 Å². The lowest BCUT2D eigenvalue weighted by Gasteiger charge is -2.06. The molecule has 4 aromatic rings. The van der Waals surface area contributed by atoms with Crippen molar-refractivity contribution in [3.05, 3.63) is 54.7 Å². The lowest BCUT2D eigenvalue weighted by molar-refractivity contribution is -0.118. The Morgan fingerprint density at radius 1 is 1.25 bits per heavy atom. The summed E-state index contributed by atoms with van der Waals surface area (Å²) in [6.45, 7) is 0.373. The number of nitrogens with one attached hydrogen (secondary N) is 1. The topological polar surface area (TPSA) is 85.3 Å². The standard InChI is InChI=1S/C16H13N5O2S/c22-14(17-8-11-4-3-7-23-11)9-24-16-15-20-18-10-21(15)13-6-2-1-5-12(13)19-16/h1-7,10H,8-9H2,(H,17,22). The van der Waals surface area contributed by atoms with E-state index in [1.54, 1.807) is 18.7 Å². The van der Waals surface area contributed by atoms with Crippen molar-refractivity contribution >= 4 is 34.3 Å². The summed E-state index contributed by atoms with van der Waals surface area (Å²) in [5, 5.41) is 11.6. The van der Waals surface area contributed by atoms with Crippen LogP contribution in [0.15, 0.2) is 58.4 Å². The molecule has 3 aromatic heterocycles. The molecule has 1 N–H and O–H groups in total. The molecule has 0 aliphatic carbocycles. The molecule has 0 saturated heterocycles. The van der Waals surface area contributed by atoms with Crippen LogP contribution >= 0.6 is 11.8 Å². The van der Waals surface area contributed by atoms with Crippen molar-refractivity contribution in [3.8, 4) is 0 Å². The maximum absolute atomic E-state index is 12.0. The van der Waals surface area contributed by atoms with Gasteiger partial charge < -0.3 is 9.73 Å². The van der Waals surface area contributed by atoms with Gasteiger partial charge in [0.05, 0.1) is 29.6 Å². The van der Waals surface area contributed by atoms with E-state index >= 15 is 0 Å². The number of fused-ring (bicyclic) bond motifs is 3. The maximum Gasteiger partial charge on any atom is 0.230 e. The quantitative estimate of drug-likeness (QED) is 0.562. The number of hydrogen-bond acceptors (Lipinski definition) is 6. The highest BCUT2D eigenvalue weighted by Crippen LogP contribution is 2.24. The average Bonchev–Trinajstić information content (AvgIpc) is 3.29. The average molecular weight is 339 g/mol. The van der Waals surface area contributed by atoms with Crippen molar-refractivity contribution in [2.24, 2.45) is 0 Å². The van der Waals surface area contributed by atoms with Crippen molar-refractivity contribution < 1.29 is 9.21 Å². The number of thioether (sulfide) groups is 1. The van der Waals surface area contributed by atoms with Crippen LogP contribution in [0.4, 0.5) is 0 Å². The number of hydrogen-bond donors (Lipinski definition) is 1. The van der Waals surface area contributed by atoms with Gasteiger partial charge in [-0.15, -0.1) is 10.2 Å². The zero-order valence-corrected chi connectivity index (χ0v) is 13.4. The van der Waals surface area contributed by atoms with E-state index in [2.05, 4.69) is 20.5 Å². The van der Waals surface area contributed by atoms with Crippen molar-refractivity contribution in [1.29, 1.82) is 0 Å². The van der Waals surface area contributed by atoms with Crippen LogP contribution in [0, 0.1) is 0 Å². The molecular weight excluding hydrogens is 326 g/mol. The van der Waals surface area contributed by atoms with Crippen molar-refractivity contribution in [2.75, 3.05) is 5.75 Å². The molecule has 24 heavy (non-hydrogen) atoms. The third kappa shape index (κ3) is 2.83. The molecule has 3 heterocycles. The zero-order chi connectivity index (χ0) is 16.4. The molecule has 4 rings (SSSR count). The van der Waals surface area contributed by atoms with Crippen LogP contribution in [-0.2, 0) is 11.3 Å². The van der Waals surface area contributed by atoms with E-state index < -0.39 is 0 Å². The van der Waals surface area contributed by atoms with E-state index in [1.807, 2.05) is 34.7 Å². The van der Waals surface area contributed by atoms with Crippen LogP contribution in [-0.4, -0.2) is 31.2 Å². The highest BCUT2D eigenvalue weighted by atomic mass is 32.2. The molecular formula is C16H13N5O2S. The number of carbonyl (C=O) groups is 1. The van der Waals surface area contributed by atoms with E-state index in [1.165, 1.54) is 11.8 Å². The van der Waals surface area contributed by atoms with Crippen molar-refractivity contribution in [2.45, 2.75) is 11.6 Å². The molecule has 8 heteroatoms. The highest BCUT2D eigenvalue weighted by Gasteiger charge is 2.12. The van der Waals surface area contributed by atoms with Gasteiger partial charge in [-0.25, -0.2) is 4.98 Å². The molecule has 1 aromatic carbocycles. The minimum Gasteiger partial charge on any atom is -0.467 e. The molecule has 0 saturated carbocycles. The SMILES string of the molecule is O=C(CSc1nc2ccccc2n2cnnc12)NCc1ccco1. The number of amides is 1. The number of aromatic nitrogens is 4. The fraction of sp³-hybridized carbons (Fsp3) is 0.125. The molecule has 0 aliphatic heterocycles. The number of para-hydroxylation sites is 2. The Morgan fingerprint density at radius 3 is 3.04 bits per heavy atom. The summed E-state index contributed by atoms with van der Waals surface area (Å²) in [5.41, 5.74) is 2.42. The Bertz CT molecular complexity index is 996. The van der Waals surface area contributed by atoms with Gasteiger partial charge in [0.25, 0.3) is 0 Å². The number of benzene rings is 1. The van der Waals surface area contributed by atoms with Gasteiger partial charge in [-0.3, -0.25) is 9.20 Å². The Morgan fingerprint density at radius 2 is 2.17 bits per heavy atom. The van der Waals surface area contributed by atoms with Crippen LogP contribution in [0.2, 0.25) is 0 Å². The fourth-order valence-electron chi connectivity index (χ4n) is 2.36. The second-order valence-corrected chi connectivity index (χ2v) is 6.04. The predicted octanol–water partition coefficient (Wildman–Crippen LogP) is 2.28. The number of carbonyl (C=O) groups excluding carboxylic acids is 1. The van der Waals surface area contributed by atoms with Crippen LogP contribution < -0.4 is 5.32 Å². The molecule has 0 fully saturated rings.